The van der Waals surface area contributed by atoms with Crippen LogP contribution in [0.3, 0.4) is 0 Å². The number of urea groups is 1. The predicted octanol–water partition coefficient (Wildman–Crippen LogP) is -0.331. The third-order valence-electron chi connectivity index (χ3n) is 1.79. The van der Waals surface area contributed by atoms with Crippen LogP contribution >= 0.6 is 0 Å². The lowest BCUT2D eigenvalue weighted by Gasteiger charge is -2.25. The summed E-state index contributed by atoms with van der Waals surface area (Å²) in [6, 6.07) is -1.05. The van der Waals surface area contributed by atoms with Crippen LogP contribution in [0.5, 0.6) is 0 Å². The van der Waals surface area contributed by atoms with E-state index in [2.05, 4.69) is 0 Å². The SMILES string of the molecule is CCN(CC)C(=O)N(S(C)(=O)=O)S(C)(=O)=O. The van der Waals surface area contributed by atoms with E-state index in [1.165, 1.54) is 0 Å². The van der Waals surface area contributed by atoms with Crippen molar-refractivity contribution in [2.24, 2.45) is 0 Å². The molecule has 0 aromatic heterocycles. The van der Waals surface area contributed by atoms with Crippen LogP contribution < -0.4 is 0 Å². The molecule has 0 aromatic rings. The summed E-state index contributed by atoms with van der Waals surface area (Å²) in [5.41, 5.74) is 0. The first-order valence-electron chi connectivity index (χ1n) is 4.55. The number of carbonyl (C=O) groups excluding carboxylic acids is 1. The van der Waals surface area contributed by atoms with Gasteiger partial charge in [0.15, 0.2) is 0 Å². The molecule has 0 radical (unpaired) electrons. The lowest BCUT2D eigenvalue weighted by Crippen LogP contribution is -2.48. The molecule has 0 aliphatic rings. The first-order chi connectivity index (χ1) is 7.05. The minimum absolute atomic E-state index is 0.0903. The summed E-state index contributed by atoms with van der Waals surface area (Å²) in [6.45, 7) is 3.72. The highest BCUT2D eigenvalue weighted by molar-refractivity contribution is 8.04. The largest absolute Gasteiger partial charge is 0.347 e. The number of hydrogen-bond donors (Lipinski definition) is 0. The van der Waals surface area contributed by atoms with Crippen LogP contribution in [0, 0.1) is 0 Å². The zero-order chi connectivity index (χ0) is 13.1. The monoisotopic (exact) mass is 272 g/mol. The van der Waals surface area contributed by atoms with Gasteiger partial charge in [0.25, 0.3) is 0 Å². The maximum atomic E-state index is 11.7. The molecule has 96 valence electrons. The molecule has 0 aliphatic carbocycles. The quantitative estimate of drug-likeness (QED) is 0.698. The summed E-state index contributed by atoms with van der Waals surface area (Å²) >= 11 is 0. The number of rotatable bonds is 4. The van der Waals surface area contributed by atoms with Gasteiger partial charge < -0.3 is 4.90 Å². The van der Waals surface area contributed by atoms with Gasteiger partial charge >= 0.3 is 6.03 Å². The molecule has 7 nitrogen and oxygen atoms in total. The van der Waals surface area contributed by atoms with Gasteiger partial charge in [0, 0.05) is 13.1 Å². The van der Waals surface area contributed by atoms with E-state index in [9.17, 15) is 21.6 Å². The van der Waals surface area contributed by atoms with E-state index in [0.717, 1.165) is 4.90 Å². The molecule has 9 heteroatoms. The molecule has 0 bridgehead atoms. The van der Waals surface area contributed by atoms with Gasteiger partial charge in [0.05, 0.1) is 12.5 Å². The molecule has 16 heavy (non-hydrogen) atoms. The zero-order valence-electron chi connectivity index (χ0n) is 9.67. The molecule has 0 atom stereocenters. The molecule has 0 aromatic carbocycles. The standard InChI is InChI=1S/C7H16N2O5S2/c1-5-8(6-2)7(10)9(15(3,11)12)16(4,13)14/h5-6H2,1-4H3. The van der Waals surface area contributed by atoms with E-state index in [4.69, 9.17) is 0 Å². The van der Waals surface area contributed by atoms with Crippen molar-refractivity contribution in [2.45, 2.75) is 13.8 Å². The van der Waals surface area contributed by atoms with E-state index in [1.807, 2.05) is 0 Å². The minimum Gasteiger partial charge on any atom is -0.324 e. The van der Waals surface area contributed by atoms with E-state index in [0.29, 0.717) is 12.5 Å². The molecule has 0 fully saturated rings. The molecule has 0 spiro atoms. The van der Waals surface area contributed by atoms with Crippen molar-refractivity contribution in [2.75, 3.05) is 25.6 Å². The van der Waals surface area contributed by atoms with Crippen molar-refractivity contribution in [3.05, 3.63) is 0 Å². The average Bonchev–Trinajstić information content (AvgIpc) is 2.00. The van der Waals surface area contributed by atoms with Crippen LogP contribution in [0.1, 0.15) is 13.8 Å². The Morgan fingerprint density at radius 2 is 1.25 bits per heavy atom. The second-order valence-electron chi connectivity index (χ2n) is 3.18. The lowest BCUT2D eigenvalue weighted by atomic mass is 10.5. The van der Waals surface area contributed by atoms with Gasteiger partial charge in [-0.1, -0.05) is 0 Å². The Kier molecular flexibility index (Phi) is 4.74. The van der Waals surface area contributed by atoms with Crippen LogP contribution in [-0.4, -0.2) is 57.1 Å². The highest BCUT2D eigenvalue weighted by Gasteiger charge is 2.34. The summed E-state index contributed by atoms with van der Waals surface area (Å²) in [5.74, 6) is 0. The molecular weight excluding hydrogens is 256 g/mol. The van der Waals surface area contributed by atoms with E-state index in [1.54, 1.807) is 13.8 Å². The van der Waals surface area contributed by atoms with Gasteiger partial charge in [-0.3, -0.25) is 0 Å². The van der Waals surface area contributed by atoms with Crippen LogP contribution in [0.4, 0.5) is 4.79 Å². The van der Waals surface area contributed by atoms with Gasteiger partial charge in [0.2, 0.25) is 20.0 Å². The van der Waals surface area contributed by atoms with Gasteiger partial charge in [-0.05, 0) is 13.8 Å². The topological polar surface area (TPSA) is 91.8 Å². The van der Waals surface area contributed by atoms with Crippen LogP contribution in [0.15, 0.2) is 0 Å². The zero-order valence-corrected chi connectivity index (χ0v) is 11.3. The number of carbonyl (C=O) groups is 1. The van der Waals surface area contributed by atoms with E-state index in [-0.39, 0.29) is 16.8 Å². The van der Waals surface area contributed by atoms with Crippen molar-refractivity contribution in [1.29, 1.82) is 0 Å². The molecule has 0 rings (SSSR count). The molecule has 0 aliphatic heterocycles. The normalized spacial score (nSPS) is 12.2. The molecular formula is C7H16N2O5S2. The fourth-order valence-electron chi connectivity index (χ4n) is 1.14. The van der Waals surface area contributed by atoms with E-state index < -0.39 is 26.1 Å². The Morgan fingerprint density at radius 1 is 0.938 bits per heavy atom. The van der Waals surface area contributed by atoms with Gasteiger partial charge in [-0.15, -0.1) is 3.71 Å². The van der Waals surface area contributed by atoms with Crippen molar-refractivity contribution in [3.8, 4) is 0 Å². The maximum absolute atomic E-state index is 11.7. The average molecular weight is 272 g/mol. The fraction of sp³-hybridized carbons (Fsp3) is 0.857. The summed E-state index contributed by atoms with van der Waals surface area (Å²) < 4.78 is 44.9. The van der Waals surface area contributed by atoms with Crippen molar-refractivity contribution >= 4 is 26.1 Å². The van der Waals surface area contributed by atoms with Crippen LogP contribution in [-0.2, 0) is 20.0 Å². The summed E-state index contributed by atoms with van der Waals surface area (Å²) in [6.07, 6.45) is 1.35. The van der Waals surface area contributed by atoms with Gasteiger partial charge in [-0.25, -0.2) is 21.6 Å². The molecule has 0 heterocycles. The number of amides is 2. The molecule has 0 saturated carbocycles. The molecule has 0 saturated heterocycles. The number of hydrogen-bond acceptors (Lipinski definition) is 5. The Morgan fingerprint density at radius 3 is 1.44 bits per heavy atom. The third-order valence-corrected chi connectivity index (χ3v) is 4.93. The van der Waals surface area contributed by atoms with E-state index >= 15 is 0 Å². The highest BCUT2D eigenvalue weighted by atomic mass is 32.3. The Hall–Kier alpha value is -0.830. The van der Waals surface area contributed by atoms with Gasteiger partial charge in [-0.2, -0.15) is 0 Å². The Labute approximate surface area is 96.1 Å². The summed E-state index contributed by atoms with van der Waals surface area (Å²) in [4.78, 5) is 12.8. The molecule has 2 amide bonds. The summed E-state index contributed by atoms with van der Waals surface area (Å²) in [7, 11) is -8.27. The Balaban J connectivity index is 5.50. The number of sulfonamides is 2. The third kappa shape index (κ3) is 3.63. The smallest absolute Gasteiger partial charge is 0.324 e. The highest BCUT2D eigenvalue weighted by Crippen LogP contribution is 2.09. The van der Waals surface area contributed by atoms with Crippen molar-refractivity contribution < 1.29 is 21.6 Å². The van der Waals surface area contributed by atoms with Crippen molar-refractivity contribution in [3.63, 3.8) is 0 Å². The first kappa shape index (κ1) is 15.2. The predicted molar refractivity (Wildman–Crippen MR) is 59.8 cm³/mol. The fourth-order valence-corrected chi connectivity index (χ4v) is 3.91. The Bertz CT molecular complexity index is 417. The molecule has 0 N–H and O–H groups in total. The second kappa shape index (κ2) is 5.00. The second-order valence-corrected chi connectivity index (χ2v) is 7.07. The van der Waals surface area contributed by atoms with Crippen molar-refractivity contribution in [1.82, 2.24) is 8.61 Å². The minimum atomic E-state index is -4.13. The van der Waals surface area contributed by atoms with Crippen LogP contribution in [0.25, 0.3) is 0 Å². The van der Waals surface area contributed by atoms with Gasteiger partial charge in [0.1, 0.15) is 0 Å². The first-order valence-corrected chi connectivity index (χ1v) is 8.24. The lowest BCUT2D eigenvalue weighted by molar-refractivity contribution is 0.197. The van der Waals surface area contributed by atoms with Crippen LogP contribution in [0.2, 0.25) is 0 Å². The summed E-state index contributed by atoms with van der Waals surface area (Å²) in [5, 5.41) is 0. The maximum Gasteiger partial charge on any atom is 0.347 e. The molecule has 0 unspecified atom stereocenters. The number of nitrogens with zero attached hydrogens (tertiary/aromatic N) is 2.